The van der Waals surface area contributed by atoms with Crippen molar-refractivity contribution in [2.75, 3.05) is 0 Å². The van der Waals surface area contributed by atoms with Gasteiger partial charge in [-0.25, -0.2) is 4.79 Å². The van der Waals surface area contributed by atoms with E-state index in [1.54, 1.807) is 0 Å². The van der Waals surface area contributed by atoms with Gasteiger partial charge in [-0.2, -0.15) is 23.3 Å². The van der Waals surface area contributed by atoms with E-state index in [0.29, 0.717) is 12.8 Å². The number of halogens is 3. The smallest absolute Gasteiger partial charge is 0.439 e. The molecular formula is C13H21F3N2O3. The van der Waals surface area contributed by atoms with E-state index in [2.05, 4.69) is 5.10 Å². The molecule has 1 rings (SSSR count). The zero-order valence-corrected chi connectivity index (χ0v) is 12.6. The van der Waals surface area contributed by atoms with Crippen molar-refractivity contribution >= 4 is 11.8 Å². The van der Waals surface area contributed by atoms with Gasteiger partial charge in [0.05, 0.1) is 0 Å². The summed E-state index contributed by atoms with van der Waals surface area (Å²) in [5, 5.41) is 13.6. The third kappa shape index (κ3) is 4.09. The van der Waals surface area contributed by atoms with E-state index in [0.717, 1.165) is 6.42 Å². The molecule has 0 aliphatic carbocycles. The molecule has 0 unspecified atom stereocenters. The minimum atomic E-state index is -5.01. The number of unbranched alkanes of at least 4 members (excludes halogenated alkanes) is 1. The molecule has 0 saturated heterocycles. The van der Waals surface area contributed by atoms with Gasteiger partial charge in [-0.3, -0.25) is 0 Å². The van der Waals surface area contributed by atoms with Crippen LogP contribution in [-0.2, 0) is 4.74 Å². The van der Waals surface area contributed by atoms with Gasteiger partial charge < -0.3 is 9.84 Å². The van der Waals surface area contributed by atoms with Crippen molar-refractivity contribution in [2.45, 2.75) is 70.9 Å². The second-order valence-electron chi connectivity index (χ2n) is 6.05. The standard InChI is InChI=1S/C13H21F3N2O3/c1-5-6-7-9-8-12(20,13(14,15)16)18(17-9)10(19)21-11(2,3)4/h20H,5-8H2,1-4H3/t12-/m0/s1. The first-order valence-electron chi connectivity index (χ1n) is 6.79. The molecule has 1 aliphatic rings. The van der Waals surface area contributed by atoms with Crippen LogP contribution in [0.25, 0.3) is 0 Å². The molecule has 5 nitrogen and oxygen atoms in total. The van der Waals surface area contributed by atoms with Crippen molar-refractivity contribution < 1.29 is 27.8 Å². The highest BCUT2D eigenvalue weighted by atomic mass is 19.4. The molecule has 0 spiro atoms. The maximum Gasteiger partial charge on any atom is 0.439 e. The highest BCUT2D eigenvalue weighted by Gasteiger charge is 2.63. The second-order valence-corrected chi connectivity index (χ2v) is 6.05. The molecule has 0 aromatic rings. The Kier molecular flexibility index (Phi) is 4.92. The molecule has 0 fully saturated rings. The van der Waals surface area contributed by atoms with Gasteiger partial charge >= 0.3 is 12.3 Å². The fourth-order valence-electron chi connectivity index (χ4n) is 1.86. The summed E-state index contributed by atoms with van der Waals surface area (Å²) in [7, 11) is 0. The molecule has 0 aromatic carbocycles. The fraction of sp³-hybridized carbons (Fsp3) is 0.846. The van der Waals surface area contributed by atoms with Crippen LogP contribution in [0.3, 0.4) is 0 Å². The lowest BCUT2D eigenvalue weighted by Gasteiger charge is -2.33. The summed E-state index contributed by atoms with van der Waals surface area (Å²) in [6.07, 6.45) is -5.36. The van der Waals surface area contributed by atoms with Gasteiger partial charge in [0.2, 0.25) is 0 Å². The van der Waals surface area contributed by atoms with Gasteiger partial charge in [-0.1, -0.05) is 13.3 Å². The van der Waals surface area contributed by atoms with E-state index in [-0.39, 0.29) is 10.7 Å². The lowest BCUT2D eigenvalue weighted by molar-refractivity contribution is -0.300. The third-order valence-electron chi connectivity index (χ3n) is 2.88. The Labute approximate surface area is 121 Å². The zero-order valence-electron chi connectivity index (χ0n) is 12.6. The number of ether oxygens (including phenoxy) is 1. The number of alkyl halides is 3. The SMILES string of the molecule is CCCCC1=NN(C(=O)OC(C)(C)C)[C@@](O)(C(F)(F)F)C1. The minimum Gasteiger partial charge on any atom is -0.442 e. The molecule has 122 valence electrons. The van der Waals surface area contributed by atoms with Gasteiger partial charge in [0.25, 0.3) is 5.72 Å². The predicted octanol–water partition coefficient (Wildman–Crippen LogP) is 3.42. The van der Waals surface area contributed by atoms with Crippen LogP contribution in [0.1, 0.15) is 53.4 Å². The van der Waals surface area contributed by atoms with Crippen molar-refractivity contribution in [1.82, 2.24) is 5.01 Å². The minimum absolute atomic E-state index is 0.0171. The van der Waals surface area contributed by atoms with Crippen molar-refractivity contribution in [3.05, 3.63) is 0 Å². The largest absolute Gasteiger partial charge is 0.442 e. The average molecular weight is 310 g/mol. The number of carbonyl (C=O) groups excluding carboxylic acids is 1. The summed E-state index contributed by atoms with van der Waals surface area (Å²) in [6, 6.07) is 0. The van der Waals surface area contributed by atoms with Crippen LogP contribution < -0.4 is 0 Å². The van der Waals surface area contributed by atoms with Crippen molar-refractivity contribution in [1.29, 1.82) is 0 Å². The molecule has 0 aromatic heterocycles. The van der Waals surface area contributed by atoms with Crippen LogP contribution >= 0.6 is 0 Å². The van der Waals surface area contributed by atoms with Gasteiger partial charge in [-0.05, 0) is 33.6 Å². The molecule has 0 saturated carbocycles. The number of amides is 1. The highest BCUT2D eigenvalue weighted by Crippen LogP contribution is 2.41. The number of nitrogens with zero attached hydrogens (tertiary/aromatic N) is 2. The number of aliphatic hydroxyl groups is 1. The van der Waals surface area contributed by atoms with E-state index in [9.17, 15) is 23.1 Å². The van der Waals surface area contributed by atoms with Gasteiger partial charge in [0.1, 0.15) is 5.60 Å². The first-order valence-corrected chi connectivity index (χ1v) is 6.79. The average Bonchev–Trinajstić information content (AvgIpc) is 2.62. The summed E-state index contributed by atoms with van der Waals surface area (Å²) in [6.45, 7) is 6.46. The van der Waals surface area contributed by atoms with E-state index in [1.165, 1.54) is 20.8 Å². The van der Waals surface area contributed by atoms with E-state index in [4.69, 9.17) is 4.74 Å². The van der Waals surface area contributed by atoms with Crippen LogP contribution in [0.2, 0.25) is 0 Å². The molecular weight excluding hydrogens is 289 g/mol. The Balaban J connectivity index is 3.02. The molecule has 1 atom stereocenters. The summed E-state index contributed by atoms with van der Waals surface area (Å²) >= 11 is 0. The summed E-state index contributed by atoms with van der Waals surface area (Å²) in [5.74, 6) is 0. The fourth-order valence-corrected chi connectivity index (χ4v) is 1.86. The van der Waals surface area contributed by atoms with Crippen molar-refractivity contribution in [2.24, 2.45) is 5.10 Å². The van der Waals surface area contributed by atoms with Gasteiger partial charge in [-0.15, -0.1) is 0 Å². The normalized spacial score (nSPS) is 23.2. The van der Waals surface area contributed by atoms with Crippen LogP contribution in [0, 0.1) is 0 Å². The number of hydrogen-bond acceptors (Lipinski definition) is 4. The van der Waals surface area contributed by atoms with E-state index >= 15 is 0 Å². The van der Waals surface area contributed by atoms with Crippen molar-refractivity contribution in [3.8, 4) is 0 Å². The first-order chi connectivity index (χ1) is 9.40. The van der Waals surface area contributed by atoms with Crippen LogP contribution in [0.5, 0.6) is 0 Å². The van der Waals surface area contributed by atoms with E-state index < -0.39 is 30.0 Å². The summed E-state index contributed by atoms with van der Waals surface area (Å²) < 4.78 is 44.2. The third-order valence-corrected chi connectivity index (χ3v) is 2.88. The molecule has 1 amide bonds. The summed E-state index contributed by atoms with van der Waals surface area (Å²) in [4.78, 5) is 11.9. The second kappa shape index (κ2) is 5.82. The molecule has 1 heterocycles. The van der Waals surface area contributed by atoms with Gasteiger partial charge in [0, 0.05) is 12.1 Å². The quantitative estimate of drug-likeness (QED) is 0.868. The molecule has 1 N–H and O–H groups in total. The lowest BCUT2D eigenvalue weighted by atomic mass is 10.0. The Morgan fingerprint density at radius 1 is 1.43 bits per heavy atom. The maximum absolute atomic E-state index is 13.1. The number of hydrogen-bond donors (Lipinski definition) is 1. The van der Waals surface area contributed by atoms with Crippen LogP contribution in [0.15, 0.2) is 5.10 Å². The first kappa shape index (κ1) is 17.7. The molecule has 0 radical (unpaired) electrons. The maximum atomic E-state index is 13.1. The Bertz CT molecular complexity index is 429. The Morgan fingerprint density at radius 3 is 2.43 bits per heavy atom. The number of hydrazone groups is 1. The van der Waals surface area contributed by atoms with Crippen LogP contribution in [0.4, 0.5) is 18.0 Å². The molecule has 8 heteroatoms. The molecule has 0 bridgehead atoms. The monoisotopic (exact) mass is 310 g/mol. The Morgan fingerprint density at radius 2 is 2.00 bits per heavy atom. The van der Waals surface area contributed by atoms with E-state index in [1.807, 2.05) is 6.92 Å². The Hall–Kier alpha value is -1.31. The molecule has 21 heavy (non-hydrogen) atoms. The van der Waals surface area contributed by atoms with Crippen LogP contribution in [-0.4, -0.2) is 39.4 Å². The molecule has 1 aliphatic heterocycles. The zero-order chi connectivity index (χ0) is 16.5. The van der Waals surface area contributed by atoms with Crippen molar-refractivity contribution in [3.63, 3.8) is 0 Å². The highest BCUT2D eigenvalue weighted by molar-refractivity contribution is 5.89. The predicted molar refractivity (Wildman–Crippen MR) is 70.7 cm³/mol. The lowest BCUT2D eigenvalue weighted by Crippen LogP contribution is -2.57. The number of rotatable bonds is 3. The topological polar surface area (TPSA) is 62.1 Å². The summed E-state index contributed by atoms with van der Waals surface area (Å²) in [5.41, 5.74) is -4.17. The van der Waals surface area contributed by atoms with Gasteiger partial charge in [0.15, 0.2) is 0 Å². The number of carbonyl (C=O) groups is 1.